The molecule has 142 valence electrons. The van der Waals surface area contributed by atoms with Crippen LogP contribution in [0.1, 0.15) is 64.7 Å². The van der Waals surface area contributed by atoms with E-state index in [0.717, 1.165) is 24.6 Å². The van der Waals surface area contributed by atoms with Gasteiger partial charge in [0.15, 0.2) is 0 Å². The Morgan fingerprint density at radius 1 is 0.962 bits per heavy atom. The molecule has 1 aromatic carbocycles. The minimum atomic E-state index is -1.47. The van der Waals surface area contributed by atoms with E-state index < -0.39 is 40.4 Å². The number of esters is 2. The zero-order valence-electron chi connectivity index (χ0n) is 14.9. The van der Waals surface area contributed by atoms with Crippen molar-refractivity contribution in [1.82, 2.24) is 0 Å². The van der Waals surface area contributed by atoms with Crippen LogP contribution in [0.3, 0.4) is 0 Å². The van der Waals surface area contributed by atoms with E-state index in [-0.39, 0.29) is 18.8 Å². The average Bonchev–Trinajstić information content (AvgIpc) is 2.57. The number of benzene rings is 1. The summed E-state index contributed by atoms with van der Waals surface area (Å²) < 4.78 is 10.00. The van der Waals surface area contributed by atoms with Crippen molar-refractivity contribution in [2.24, 2.45) is 5.41 Å². The Balaban J connectivity index is 2.64. The molecule has 0 amide bonds. The molecule has 0 aliphatic rings. The number of carbonyl (C=O) groups is 4. The molecule has 8 heteroatoms. The van der Waals surface area contributed by atoms with Crippen LogP contribution in [0.2, 0.25) is 0 Å². The summed E-state index contributed by atoms with van der Waals surface area (Å²) in [5.74, 6) is -4.12. The lowest BCUT2D eigenvalue weighted by atomic mass is 9.88. The Morgan fingerprint density at radius 2 is 1.54 bits per heavy atom. The Morgan fingerprint density at radius 3 is 2.08 bits per heavy atom. The van der Waals surface area contributed by atoms with Crippen LogP contribution in [0.5, 0.6) is 0 Å². The summed E-state index contributed by atoms with van der Waals surface area (Å²) in [7, 11) is 0. The van der Waals surface area contributed by atoms with Gasteiger partial charge in [0.05, 0.1) is 22.1 Å². The third kappa shape index (κ3) is 5.58. The van der Waals surface area contributed by atoms with E-state index >= 15 is 0 Å². The largest absolute Gasteiger partial charge is 0.478 e. The van der Waals surface area contributed by atoms with Crippen LogP contribution in [0.25, 0.3) is 0 Å². The van der Waals surface area contributed by atoms with E-state index in [1.54, 1.807) is 13.8 Å². The first-order valence-electron chi connectivity index (χ1n) is 8.05. The van der Waals surface area contributed by atoms with Gasteiger partial charge >= 0.3 is 23.9 Å². The molecule has 0 spiro atoms. The molecule has 0 bridgehead atoms. The van der Waals surface area contributed by atoms with Gasteiger partial charge in [-0.2, -0.15) is 0 Å². The fourth-order valence-electron chi connectivity index (χ4n) is 2.31. The summed E-state index contributed by atoms with van der Waals surface area (Å²) in [4.78, 5) is 45.9. The first-order valence-corrected chi connectivity index (χ1v) is 8.05. The number of aromatic carboxylic acids is 2. The molecule has 0 aromatic heterocycles. The summed E-state index contributed by atoms with van der Waals surface area (Å²) in [5, 5.41) is 18.0. The quantitative estimate of drug-likeness (QED) is 0.504. The standard InChI is InChI=1S/C18H22O8/c1-4-7-18(2,3)17(24)26-9-8-25-16(23)11-5-6-12(14(19)20)13(10-11)15(21)22/h5-6,10H,4,7-9H2,1-3H3,(H,19,20)(H,21,22). The topological polar surface area (TPSA) is 127 Å². The van der Waals surface area contributed by atoms with Gasteiger partial charge in [0.25, 0.3) is 0 Å². The molecule has 1 aromatic rings. The van der Waals surface area contributed by atoms with Gasteiger partial charge in [0.1, 0.15) is 13.2 Å². The predicted octanol–water partition coefficient (Wildman–Crippen LogP) is 2.61. The maximum Gasteiger partial charge on any atom is 0.338 e. The maximum atomic E-state index is 11.9. The second-order valence-electron chi connectivity index (χ2n) is 6.28. The number of rotatable bonds is 9. The van der Waals surface area contributed by atoms with Crippen LogP contribution in [0.15, 0.2) is 18.2 Å². The lowest BCUT2D eigenvalue weighted by Crippen LogP contribution is -2.28. The Hall–Kier alpha value is -2.90. The average molecular weight is 366 g/mol. The van der Waals surface area contributed by atoms with Gasteiger partial charge in [0, 0.05) is 0 Å². The van der Waals surface area contributed by atoms with E-state index in [0.29, 0.717) is 6.42 Å². The van der Waals surface area contributed by atoms with E-state index in [9.17, 15) is 19.2 Å². The molecule has 0 aliphatic heterocycles. The minimum absolute atomic E-state index is 0.106. The Bertz CT molecular complexity index is 705. The highest BCUT2D eigenvalue weighted by atomic mass is 16.6. The third-order valence-corrected chi connectivity index (χ3v) is 3.69. The second-order valence-corrected chi connectivity index (χ2v) is 6.28. The van der Waals surface area contributed by atoms with Crippen molar-refractivity contribution < 1.29 is 38.9 Å². The lowest BCUT2D eigenvalue weighted by Gasteiger charge is -2.21. The predicted molar refractivity (Wildman–Crippen MR) is 90.3 cm³/mol. The minimum Gasteiger partial charge on any atom is -0.478 e. The van der Waals surface area contributed by atoms with Gasteiger partial charge in [-0.05, 0) is 38.5 Å². The molecule has 0 saturated carbocycles. The fraction of sp³-hybridized carbons (Fsp3) is 0.444. The highest BCUT2D eigenvalue weighted by Gasteiger charge is 2.28. The number of carboxylic acids is 2. The monoisotopic (exact) mass is 366 g/mol. The summed E-state index contributed by atoms with van der Waals surface area (Å²) in [5.41, 5.74) is -1.67. The van der Waals surface area contributed by atoms with Crippen LogP contribution in [-0.4, -0.2) is 47.3 Å². The zero-order chi connectivity index (χ0) is 19.9. The van der Waals surface area contributed by atoms with Crippen LogP contribution in [-0.2, 0) is 14.3 Å². The molecule has 0 radical (unpaired) electrons. The van der Waals surface area contributed by atoms with Crippen molar-refractivity contribution in [3.05, 3.63) is 34.9 Å². The maximum absolute atomic E-state index is 11.9. The number of carbonyl (C=O) groups excluding carboxylic acids is 2. The van der Waals surface area contributed by atoms with E-state index in [1.807, 2.05) is 6.92 Å². The normalized spacial score (nSPS) is 10.9. The molecular formula is C18H22O8. The summed E-state index contributed by atoms with van der Waals surface area (Å²) in [6.07, 6.45) is 1.49. The zero-order valence-corrected chi connectivity index (χ0v) is 14.9. The molecule has 8 nitrogen and oxygen atoms in total. The lowest BCUT2D eigenvalue weighted by molar-refractivity contribution is -0.155. The molecule has 26 heavy (non-hydrogen) atoms. The molecule has 0 unspecified atom stereocenters. The molecular weight excluding hydrogens is 344 g/mol. The Kier molecular flexibility index (Phi) is 7.30. The number of carboxylic acid groups (broad SMARTS) is 2. The van der Waals surface area contributed by atoms with E-state index in [4.69, 9.17) is 19.7 Å². The second kappa shape index (κ2) is 8.98. The fourth-order valence-corrected chi connectivity index (χ4v) is 2.31. The molecule has 0 atom stereocenters. The van der Waals surface area contributed by atoms with Crippen molar-refractivity contribution in [3.63, 3.8) is 0 Å². The molecule has 0 heterocycles. The van der Waals surface area contributed by atoms with Crippen molar-refractivity contribution in [3.8, 4) is 0 Å². The molecule has 0 fully saturated rings. The third-order valence-electron chi connectivity index (χ3n) is 3.69. The van der Waals surface area contributed by atoms with Crippen molar-refractivity contribution in [2.75, 3.05) is 13.2 Å². The van der Waals surface area contributed by atoms with Gasteiger partial charge in [-0.15, -0.1) is 0 Å². The molecule has 0 aliphatic carbocycles. The highest BCUT2D eigenvalue weighted by molar-refractivity contribution is 6.03. The first kappa shape index (κ1) is 21.1. The van der Waals surface area contributed by atoms with Crippen molar-refractivity contribution in [1.29, 1.82) is 0 Å². The summed E-state index contributed by atoms with van der Waals surface area (Å²) in [6, 6.07) is 3.12. The van der Waals surface area contributed by atoms with E-state index in [1.165, 1.54) is 0 Å². The van der Waals surface area contributed by atoms with Crippen LogP contribution >= 0.6 is 0 Å². The first-order chi connectivity index (χ1) is 12.1. The van der Waals surface area contributed by atoms with Gasteiger partial charge in [-0.1, -0.05) is 13.3 Å². The molecule has 1 rings (SSSR count). The highest BCUT2D eigenvalue weighted by Crippen LogP contribution is 2.23. The summed E-state index contributed by atoms with van der Waals surface area (Å²) in [6.45, 7) is 5.16. The van der Waals surface area contributed by atoms with Crippen molar-refractivity contribution >= 4 is 23.9 Å². The SMILES string of the molecule is CCCC(C)(C)C(=O)OCCOC(=O)c1ccc(C(=O)O)c(C(=O)O)c1. The van der Waals surface area contributed by atoms with Gasteiger partial charge < -0.3 is 19.7 Å². The van der Waals surface area contributed by atoms with Crippen molar-refractivity contribution in [2.45, 2.75) is 33.6 Å². The smallest absolute Gasteiger partial charge is 0.338 e. The van der Waals surface area contributed by atoms with Gasteiger partial charge in [-0.3, -0.25) is 4.79 Å². The molecule has 0 saturated heterocycles. The molecule has 2 N–H and O–H groups in total. The van der Waals surface area contributed by atoms with Crippen LogP contribution in [0.4, 0.5) is 0 Å². The van der Waals surface area contributed by atoms with Gasteiger partial charge in [0.2, 0.25) is 0 Å². The number of ether oxygens (including phenoxy) is 2. The van der Waals surface area contributed by atoms with Crippen LogP contribution < -0.4 is 0 Å². The summed E-state index contributed by atoms with van der Waals surface area (Å²) >= 11 is 0. The van der Waals surface area contributed by atoms with Gasteiger partial charge in [-0.25, -0.2) is 14.4 Å². The number of hydrogen-bond acceptors (Lipinski definition) is 6. The number of hydrogen-bond donors (Lipinski definition) is 2. The van der Waals surface area contributed by atoms with Crippen LogP contribution in [0, 0.1) is 5.41 Å². The van der Waals surface area contributed by atoms with E-state index in [2.05, 4.69) is 0 Å². The Labute approximate surface area is 150 Å².